The van der Waals surface area contributed by atoms with Gasteiger partial charge in [0, 0.05) is 28.4 Å². The minimum Gasteiger partial charge on any atom is -1.00 e. The number of fused-ring (bicyclic) bond motifs is 3. The number of pyridine rings is 1. The van der Waals surface area contributed by atoms with Gasteiger partial charge in [0.2, 0.25) is 11.2 Å². The molecule has 0 aliphatic rings. The summed E-state index contributed by atoms with van der Waals surface area (Å²) >= 11 is 0. The molecule has 3 aromatic carbocycles. The lowest BCUT2D eigenvalue weighted by Gasteiger charge is -2.12. The summed E-state index contributed by atoms with van der Waals surface area (Å²) in [6.07, 6.45) is 0. The molecule has 0 amide bonds. The van der Waals surface area contributed by atoms with Gasteiger partial charge in [0.25, 0.3) is 0 Å². The molecule has 0 saturated heterocycles. The molecule has 0 unspecified atom stereocenters. The summed E-state index contributed by atoms with van der Waals surface area (Å²) in [5, 5.41) is 3.63. The summed E-state index contributed by atoms with van der Waals surface area (Å²) < 4.78 is 2.35. The largest absolute Gasteiger partial charge is 1.00 e. The second-order valence-electron chi connectivity index (χ2n) is 6.04. The highest BCUT2D eigenvalue weighted by atomic mass is 35.5. The zero-order chi connectivity index (χ0) is 16.7. The van der Waals surface area contributed by atoms with Crippen LogP contribution in [0.3, 0.4) is 0 Å². The third kappa shape index (κ3) is 2.77. The summed E-state index contributed by atoms with van der Waals surface area (Å²) in [5.41, 5.74) is 17.1. The van der Waals surface area contributed by atoms with Crippen LogP contribution in [-0.2, 0) is 6.54 Å². The molecule has 0 aliphatic carbocycles. The average Bonchev–Trinajstić information content (AvgIpc) is 2.61. The number of halogens is 1. The highest BCUT2D eigenvalue weighted by Gasteiger charge is 2.21. The maximum atomic E-state index is 6.10. The minimum absolute atomic E-state index is 0. The molecule has 0 fully saturated rings. The van der Waals surface area contributed by atoms with Crippen molar-refractivity contribution < 1.29 is 17.0 Å². The Morgan fingerprint density at radius 3 is 2.16 bits per heavy atom. The zero-order valence-electron chi connectivity index (χ0n) is 14.0. The van der Waals surface area contributed by atoms with Crippen molar-refractivity contribution in [3.63, 3.8) is 0 Å². The number of rotatable bonds is 2. The van der Waals surface area contributed by atoms with Crippen LogP contribution in [0, 0.1) is 0 Å². The molecule has 4 N–H and O–H groups in total. The number of anilines is 2. The van der Waals surface area contributed by atoms with Gasteiger partial charge in [0.1, 0.15) is 6.54 Å². The number of aryl methyl sites for hydroxylation is 1. The Morgan fingerprint density at radius 2 is 1.44 bits per heavy atom. The van der Waals surface area contributed by atoms with Crippen molar-refractivity contribution in [1.82, 2.24) is 0 Å². The molecule has 0 saturated carbocycles. The molecule has 25 heavy (non-hydrogen) atoms. The Labute approximate surface area is 153 Å². The molecule has 4 rings (SSSR count). The van der Waals surface area contributed by atoms with E-state index in [0.29, 0.717) is 0 Å². The second kappa shape index (κ2) is 6.61. The van der Waals surface area contributed by atoms with E-state index >= 15 is 0 Å². The summed E-state index contributed by atoms with van der Waals surface area (Å²) in [4.78, 5) is 0. The average molecular weight is 350 g/mol. The predicted molar refractivity (Wildman–Crippen MR) is 102 cm³/mol. The molecular formula is C21H20ClN3. The van der Waals surface area contributed by atoms with Crippen LogP contribution in [-0.4, -0.2) is 0 Å². The van der Waals surface area contributed by atoms with Crippen molar-refractivity contribution in [3.8, 4) is 11.3 Å². The van der Waals surface area contributed by atoms with Crippen molar-refractivity contribution in [2.45, 2.75) is 13.5 Å². The first kappa shape index (κ1) is 17.1. The topological polar surface area (TPSA) is 55.9 Å². The van der Waals surface area contributed by atoms with Gasteiger partial charge in [-0.25, -0.2) is 0 Å². The van der Waals surface area contributed by atoms with E-state index in [2.05, 4.69) is 60.0 Å². The third-order valence-corrected chi connectivity index (χ3v) is 4.55. The lowest BCUT2D eigenvalue weighted by molar-refractivity contribution is -0.655. The first-order valence-corrected chi connectivity index (χ1v) is 8.18. The molecular weight excluding hydrogens is 330 g/mol. The fraction of sp³-hybridized carbons (Fsp3) is 0.0952. The predicted octanol–water partition coefficient (Wildman–Crippen LogP) is 1.14. The molecule has 0 atom stereocenters. The Hall–Kier alpha value is -2.78. The number of benzene rings is 3. The summed E-state index contributed by atoms with van der Waals surface area (Å²) in [6, 6.07) is 22.7. The van der Waals surface area contributed by atoms with E-state index in [4.69, 9.17) is 11.5 Å². The van der Waals surface area contributed by atoms with Crippen molar-refractivity contribution >= 4 is 33.1 Å². The Bertz CT molecular complexity index is 1060. The van der Waals surface area contributed by atoms with Crippen LogP contribution < -0.4 is 28.4 Å². The molecule has 1 heterocycles. The highest BCUT2D eigenvalue weighted by Crippen LogP contribution is 2.32. The second-order valence-corrected chi connectivity index (χ2v) is 6.04. The van der Waals surface area contributed by atoms with Gasteiger partial charge in [-0.3, -0.25) is 0 Å². The van der Waals surface area contributed by atoms with E-state index in [1.54, 1.807) is 0 Å². The monoisotopic (exact) mass is 349 g/mol. The van der Waals surface area contributed by atoms with E-state index in [-0.39, 0.29) is 12.4 Å². The van der Waals surface area contributed by atoms with E-state index in [9.17, 15) is 0 Å². The SMILES string of the molecule is CC[n+]1c(-c2ccc(N)cc2)c2cc(N)ccc2c2ccccc21.[Cl-]. The van der Waals surface area contributed by atoms with Crippen LogP contribution >= 0.6 is 0 Å². The summed E-state index contributed by atoms with van der Waals surface area (Å²) in [6.45, 7) is 3.05. The van der Waals surface area contributed by atoms with Crippen LogP contribution in [0.4, 0.5) is 11.4 Å². The van der Waals surface area contributed by atoms with Gasteiger partial charge in [0.15, 0.2) is 0 Å². The van der Waals surface area contributed by atoms with Gasteiger partial charge in [-0.1, -0.05) is 18.2 Å². The molecule has 4 aromatic rings. The summed E-state index contributed by atoms with van der Waals surface area (Å²) in [5.74, 6) is 0. The van der Waals surface area contributed by atoms with E-state index < -0.39 is 0 Å². The van der Waals surface area contributed by atoms with E-state index in [0.717, 1.165) is 23.5 Å². The van der Waals surface area contributed by atoms with Crippen LogP contribution in [0.5, 0.6) is 0 Å². The molecule has 0 bridgehead atoms. The smallest absolute Gasteiger partial charge is 0.220 e. The molecule has 126 valence electrons. The quantitative estimate of drug-likeness (QED) is 0.324. The molecule has 3 nitrogen and oxygen atoms in total. The van der Waals surface area contributed by atoms with Crippen molar-refractivity contribution in [1.29, 1.82) is 0 Å². The van der Waals surface area contributed by atoms with Crippen LogP contribution in [0.2, 0.25) is 0 Å². The van der Waals surface area contributed by atoms with Crippen molar-refractivity contribution in [2.75, 3.05) is 11.5 Å². The van der Waals surface area contributed by atoms with Gasteiger partial charge in [-0.15, -0.1) is 0 Å². The van der Waals surface area contributed by atoms with Crippen LogP contribution in [0.15, 0.2) is 66.7 Å². The fourth-order valence-electron chi connectivity index (χ4n) is 3.48. The molecule has 0 radical (unpaired) electrons. The lowest BCUT2D eigenvalue weighted by atomic mass is 9.98. The van der Waals surface area contributed by atoms with E-state index in [1.165, 1.54) is 27.4 Å². The Morgan fingerprint density at radius 1 is 0.760 bits per heavy atom. The number of nitrogens with zero attached hydrogens (tertiary/aromatic N) is 1. The van der Waals surface area contributed by atoms with Gasteiger partial charge in [-0.05, 0) is 49.4 Å². The zero-order valence-corrected chi connectivity index (χ0v) is 14.8. The molecule has 0 aliphatic heterocycles. The normalized spacial score (nSPS) is 10.8. The van der Waals surface area contributed by atoms with Gasteiger partial charge < -0.3 is 23.9 Å². The van der Waals surface area contributed by atoms with Crippen molar-refractivity contribution in [2.24, 2.45) is 0 Å². The maximum Gasteiger partial charge on any atom is 0.220 e. The first-order chi connectivity index (χ1) is 11.7. The standard InChI is InChI=1S/C21H19N3.ClH/c1-2-24-20-6-4-3-5-18(20)17-12-11-16(23)13-19(17)21(24)14-7-9-15(22)10-8-14;/h3-13,22H,2,23H2,1H3;1H. The molecule has 1 aromatic heterocycles. The highest BCUT2D eigenvalue weighted by molar-refractivity contribution is 6.09. The van der Waals surface area contributed by atoms with Crippen LogP contribution in [0.1, 0.15) is 6.92 Å². The van der Waals surface area contributed by atoms with Crippen molar-refractivity contribution in [3.05, 3.63) is 66.7 Å². The lowest BCUT2D eigenvalue weighted by Crippen LogP contribution is -3.00. The first-order valence-electron chi connectivity index (χ1n) is 8.18. The van der Waals surface area contributed by atoms with E-state index in [1.807, 2.05) is 18.2 Å². The summed E-state index contributed by atoms with van der Waals surface area (Å²) in [7, 11) is 0. The van der Waals surface area contributed by atoms with Gasteiger partial charge >= 0.3 is 0 Å². The number of nitrogens with two attached hydrogens (primary N) is 2. The van der Waals surface area contributed by atoms with Gasteiger partial charge in [-0.2, -0.15) is 4.57 Å². The number of hydrogen-bond acceptors (Lipinski definition) is 2. The Balaban J connectivity index is 0.00000182. The maximum absolute atomic E-state index is 6.10. The Kier molecular flexibility index (Phi) is 4.51. The number of para-hydroxylation sites is 1. The number of hydrogen-bond donors (Lipinski definition) is 2. The molecule has 4 heteroatoms. The minimum atomic E-state index is 0. The van der Waals surface area contributed by atoms with Crippen LogP contribution in [0.25, 0.3) is 32.9 Å². The van der Waals surface area contributed by atoms with Gasteiger partial charge in [0.05, 0.1) is 10.8 Å². The molecule has 0 spiro atoms. The number of aromatic nitrogens is 1. The third-order valence-electron chi connectivity index (χ3n) is 4.55. The fourth-order valence-corrected chi connectivity index (χ4v) is 3.48. The number of nitrogen functional groups attached to an aromatic ring is 2.